The molecule has 1 atom stereocenters. The maximum absolute atomic E-state index is 14.4. The number of aliphatic hydroxyl groups is 1. The van der Waals surface area contributed by atoms with Gasteiger partial charge in [0, 0.05) is 30.9 Å². The van der Waals surface area contributed by atoms with E-state index in [1.54, 1.807) is 19.1 Å². The number of H-pyrrole nitrogens is 2. The third kappa shape index (κ3) is 5.35. The minimum Gasteiger partial charge on any atom is -0.486 e. The second kappa shape index (κ2) is 11.4. The first kappa shape index (κ1) is 28.2. The summed E-state index contributed by atoms with van der Waals surface area (Å²) in [5, 5.41) is 13.7. The molecule has 4 N–H and O–H groups in total. The molecule has 12 heteroatoms. The molecule has 2 aromatic carbocycles. The average Bonchev–Trinajstić information content (AvgIpc) is 3.53. The van der Waals surface area contributed by atoms with Gasteiger partial charge in [-0.15, -0.1) is 0 Å². The van der Waals surface area contributed by atoms with Gasteiger partial charge in [0.25, 0.3) is 11.5 Å². The molecular weight excluding hydrogens is 563 g/mol. The first-order valence-electron chi connectivity index (χ1n) is 13.9. The number of piperidine rings is 1. The minimum absolute atomic E-state index is 0.0112. The number of carbonyl (C=O) groups is 1. The summed E-state index contributed by atoms with van der Waals surface area (Å²) >= 11 is 6.05. The van der Waals surface area contributed by atoms with E-state index in [1.165, 1.54) is 12.3 Å². The monoisotopic (exact) mass is 594 g/mol. The number of fused-ring (bicyclic) bond motifs is 2. The van der Waals surface area contributed by atoms with Gasteiger partial charge in [-0.2, -0.15) is 0 Å². The third-order valence-electron chi connectivity index (χ3n) is 8.06. The fourth-order valence-electron chi connectivity index (χ4n) is 5.65. The average molecular weight is 595 g/mol. The van der Waals surface area contributed by atoms with Gasteiger partial charge in [0.15, 0.2) is 11.6 Å². The zero-order valence-corrected chi connectivity index (χ0v) is 24.1. The molecule has 0 bridgehead atoms. The largest absolute Gasteiger partial charge is 0.486 e. The van der Waals surface area contributed by atoms with Crippen molar-refractivity contribution < 1.29 is 19.0 Å². The quantitative estimate of drug-likeness (QED) is 0.244. The molecule has 0 saturated carbocycles. The summed E-state index contributed by atoms with van der Waals surface area (Å²) in [4.78, 5) is 41.0. The molecule has 2 aliphatic heterocycles. The topological polar surface area (TPSA) is 127 Å². The molecule has 1 saturated heterocycles. The third-order valence-corrected chi connectivity index (χ3v) is 8.35. The van der Waals surface area contributed by atoms with E-state index < -0.39 is 11.9 Å². The highest BCUT2D eigenvalue weighted by Crippen LogP contribution is 2.33. The number of pyridine rings is 1. The minimum atomic E-state index is -1.04. The molecule has 1 amide bonds. The van der Waals surface area contributed by atoms with Crippen LogP contribution in [0.2, 0.25) is 5.02 Å². The number of aryl methyl sites for hydroxylation is 1. The van der Waals surface area contributed by atoms with E-state index in [4.69, 9.17) is 16.3 Å². The van der Waals surface area contributed by atoms with Crippen LogP contribution in [0.25, 0.3) is 22.4 Å². The molecule has 1 fully saturated rings. The predicted molar refractivity (Wildman–Crippen MR) is 159 cm³/mol. The Morgan fingerprint density at radius 1 is 1.24 bits per heavy atom. The second-order valence-electron chi connectivity index (χ2n) is 11.0. The van der Waals surface area contributed by atoms with Crippen LogP contribution in [-0.2, 0) is 6.54 Å². The standard InChI is InChI=1S/C30H32ClFN6O4/c1-16-3-4-21(31)27(26(16)32)42-15-19(39)13-34-22-5-8-33-29(40)25(22)28-35-23-11-17-14-38(18-6-9-37(2)10-7-18)30(41)20(17)12-24(23)36-28/h3-5,8,11-12,18-19,39H,6-7,9-10,13-15H2,1-2H3,(H,35,36)(H2,33,34,40)/t19-/m1/s1. The number of aromatic amines is 2. The van der Waals surface area contributed by atoms with Crippen LogP contribution in [-0.4, -0.2) is 81.2 Å². The first-order valence-corrected chi connectivity index (χ1v) is 14.3. The Hall–Kier alpha value is -3.93. The summed E-state index contributed by atoms with van der Waals surface area (Å²) < 4.78 is 19.8. The number of hydrogen-bond donors (Lipinski definition) is 4. The Bertz CT molecular complexity index is 1710. The molecule has 6 rings (SSSR count). The van der Waals surface area contributed by atoms with Gasteiger partial charge in [-0.3, -0.25) is 9.59 Å². The Morgan fingerprint density at radius 2 is 2.02 bits per heavy atom. The Balaban J connectivity index is 1.18. The fraction of sp³-hybridized carbons (Fsp3) is 0.367. The van der Waals surface area contributed by atoms with Crippen molar-refractivity contribution in [2.45, 2.75) is 38.5 Å². The summed E-state index contributed by atoms with van der Waals surface area (Å²) in [6.07, 6.45) is 2.37. The van der Waals surface area contributed by atoms with E-state index in [0.29, 0.717) is 40.2 Å². The van der Waals surface area contributed by atoms with Crippen molar-refractivity contribution in [1.29, 1.82) is 0 Å². The van der Waals surface area contributed by atoms with Crippen molar-refractivity contribution in [3.63, 3.8) is 0 Å². The number of rotatable bonds is 8. The van der Waals surface area contributed by atoms with Crippen molar-refractivity contribution in [3.8, 4) is 17.1 Å². The Kier molecular flexibility index (Phi) is 7.65. The number of likely N-dealkylation sites (tertiary alicyclic amines) is 1. The number of benzene rings is 2. The predicted octanol–water partition coefficient (Wildman–Crippen LogP) is 3.92. The lowest BCUT2D eigenvalue weighted by Crippen LogP contribution is -2.43. The van der Waals surface area contributed by atoms with Crippen LogP contribution in [0.1, 0.15) is 34.3 Å². The highest BCUT2D eigenvalue weighted by molar-refractivity contribution is 6.32. The summed E-state index contributed by atoms with van der Waals surface area (Å²) in [6.45, 7) is 3.89. The van der Waals surface area contributed by atoms with Gasteiger partial charge in [-0.1, -0.05) is 17.7 Å². The SMILES string of the molecule is Cc1ccc(Cl)c(OC[C@H](O)CNc2cc[nH]c(=O)c2-c2nc3cc4c(cc3[nH]2)C(=O)N(C2CCN(C)CC2)C4)c1F. The summed E-state index contributed by atoms with van der Waals surface area (Å²) in [7, 11) is 2.10. The number of amides is 1. The number of halogens is 2. The smallest absolute Gasteiger partial charge is 0.261 e. The van der Waals surface area contributed by atoms with Gasteiger partial charge in [0.1, 0.15) is 24.1 Å². The van der Waals surface area contributed by atoms with E-state index in [2.05, 4.69) is 32.2 Å². The molecule has 4 heterocycles. The second-order valence-corrected chi connectivity index (χ2v) is 11.4. The molecule has 4 aromatic rings. The van der Waals surface area contributed by atoms with Gasteiger partial charge in [-0.05, 0) is 75.3 Å². The lowest BCUT2D eigenvalue weighted by molar-refractivity contribution is 0.0617. The number of anilines is 1. The van der Waals surface area contributed by atoms with Gasteiger partial charge in [0.05, 0.1) is 21.7 Å². The molecule has 0 spiro atoms. The zero-order chi connectivity index (χ0) is 29.5. The van der Waals surface area contributed by atoms with E-state index >= 15 is 0 Å². The summed E-state index contributed by atoms with van der Waals surface area (Å²) in [5.41, 5.74) is 3.59. The van der Waals surface area contributed by atoms with Crippen LogP contribution >= 0.6 is 11.6 Å². The van der Waals surface area contributed by atoms with E-state index in [-0.39, 0.29) is 47.0 Å². The first-order chi connectivity index (χ1) is 20.2. The number of carbonyl (C=O) groups excluding carboxylic acids is 1. The summed E-state index contributed by atoms with van der Waals surface area (Å²) in [6, 6.07) is 8.71. The lowest BCUT2D eigenvalue weighted by Gasteiger charge is -2.34. The number of ether oxygens (including phenoxy) is 1. The number of aliphatic hydroxyl groups excluding tert-OH is 1. The van der Waals surface area contributed by atoms with Crippen molar-refractivity contribution >= 4 is 34.2 Å². The van der Waals surface area contributed by atoms with Crippen LogP contribution in [0.4, 0.5) is 10.1 Å². The Morgan fingerprint density at radius 3 is 2.81 bits per heavy atom. The van der Waals surface area contributed by atoms with E-state index in [0.717, 1.165) is 31.5 Å². The molecule has 42 heavy (non-hydrogen) atoms. The highest BCUT2D eigenvalue weighted by Gasteiger charge is 2.34. The van der Waals surface area contributed by atoms with Crippen molar-refractivity contribution in [2.24, 2.45) is 0 Å². The maximum Gasteiger partial charge on any atom is 0.261 e. The molecular formula is C30H32ClFN6O4. The number of aromatic nitrogens is 3. The number of hydrogen-bond acceptors (Lipinski definition) is 7. The fourth-order valence-corrected chi connectivity index (χ4v) is 5.85. The van der Waals surface area contributed by atoms with Gasteiger partial charge in [-0.25, -0.2) is 9.37 Å². The molecule has 0 radical (unpaired) electrons. The molecule has 0 aliphatic carbocycles. The van der Waals surface area contributed by atoms with Crippen LogP contribution in [0.15, 0.2) is 41.3 Å². The molecule has 10 nitrogen and oxygen atoms in total. The number of nitrogens with one attached hydrogen (secondary N) is 3. The van der Waals surface area contributed by atoms with Crippen molar-refractivity contribution in [2.75, 3.05) is 38.6 Å². The molecule has 0 unspecified atom stereocenters. The lowest BCUT2D eigenvalue weighted by atomic mass is 10.0. The molecule has 2 aromatic heterocycles. The van der Waals surface area contributed by atoms with Crippen LogP contribution in [0.3, 0.4) is 0 Å². The van der Waals surface area contributed by atoms with Gasteiger partial charge in [0.2, 0.25) is 0 Å². The van der Waals surface area contributed by atoms with Crippen LogP contribution in [0.5, 0.6) is 5.75 Å². The normalized spacial score (nSPS) is 16.7. The maximum atomic E-state index is 14.4. The van der Waals surface area contributed by atoms with Crippen LogP contribution in [0, 0.1) is 12.7 Å². The molecule has 220 valence electrons. The Labute approximate surface area is 246 Å². The van der Waals surface area contributed by atoms with Crippen LogP contribution < -0.4 is 15.6 Å². The van der Waals surface area contributed by atoms with E-state index in [9.17, 15) is 19.1 Å². The summed E-state index contributed by atoms with van der Waals surface area (Å²) in [5.74, 6) is -0.334. The number of imidazole rings is 1. The van der Waals surface area contributed by atoms with E-state index in [1.807, 2.05) is 17.0 Å². The molecule has 2 aliphatic rings. The van der Waals surface area contributed by atoms with Crippen molar-refractivity contribution in [1.82, 2.24) is 24.8 Å². The van der Waals surface area contributed by atoms with Crippen molar-refractivity contribution in [3.05, 3.63) is 74.4 Å². The van der Waals surface area contributed by atoms with Gasteiger partial charge >= 0.3 is 0 Å². The van der Waals surface area contributed by atoms with Gasteiger partial charge < -0.3 is 34.9 Å². The zero-order valence-electron chi connectivity index (χ0n) is 23.3. The highest BCUT2D eigenvalue weighted by atomic mass is 35.5. The number of nitrogens with zero attached hydrogens (tertiary/aromatic N) is 3.